The van der Waals surface area contributed by atoms with Crippen molar-refractivity contribution in [1.29, 1.82) is 0 Å². The molecule has 27 heavy (non-hydrogen) atoms. The number of carbonyl (C=O) groups excluding carboxylic acids is 1. The molecule has 0 aliphatic heterocycles. The second-order valence-electron chi connectivity index (χ2n) is 5.71. The average molecular weight is 414 g/mol. The van der Waals surface area contributed by atoms with Gasteiger partial charge >= 0.3 is 11.5 Å². The normalized spacial score (nSPS) is 11.6. The van der Waals surface area contributed by atoms with Crippen molar-refractivity contribution in [3.05, 3.63) is 59.2 Å². The lowest BCUT2D eigenvalue weighted by Crippen LogP contribution is -2.19. The van der Waals surface area contributed by atoms with Crippen LogP contribution in [0.3, 0.4) is 0 Å². The van der Waals surface area contributed by atoms with E-state index in [1.165, 1.54) is 0 Å². The zero-order valence-corrected chi connectivity index (χ0v) is 15.4. The molecule has 3 N–H and O–H groups in total. The topological polar surface area (TPSA) is 56.9 Å². The maximum atomic E-state index is 12.2. The smallest absolute Gasteiger partial charge is 0.359 e. The second-order valence-corrected chi connectivity index (χ2v) is 7.31. The molecule has 2 aromatic carbocycles. The monoisotopic (exact) mass is 413 g/mol. The molecule has 0 radical (unpaired) electrons. The molecule has 0 aliphatic carbocycles. The van der Waals surface area contributed by atoms with E-state index in [9.17, 15) is 18.0 Å². The van der Waals surface area contributed by atoms with Gasteiger partial charge in [-0.2, -0.15) is 13.2 Å². The molecule has 4 nitrogen and oxygen atoms in total. The highest BCUT2D eigenvalue weighted by molar-refractivity contribution is 8.00. The van der Waals surface area contributed by atoms with Crippen LogP contribution in [-0.4, -0.2) is 22.3 Å². The number of thioether (sulfide) groups is 1. The van der Waals surface area contributed by atoms with E-state index in [0.717, 1.165) is 16.5 Å². The molecule has 9 heteroatoms. The Labute approximate surface area is 162 Å². The number of nitrogens with one attached hydrogen (secondary N) is 3. The first-order chi connectivity index (χ1) is 12.8. The molecule has 3 aromatic rings. The lowest BCUT2D eigenvalue weighted by molar-refractivity contribution is -0.0327. The van der Waals surface area contributed by atoms with E-state index < -0.39 is 11.5 Å². The van der Waals surface area contributed by atoms with Crippen molar-refractivity contribution >= 4 is 51.7 Å². The van der Waals surface area contributed by atoms with Gasteiger partial charge in [-0.25, -0.2) is 4.79 Å². The van der Waals surface area contributed by atoms with E-state index in [1.54, 1.807) is 42.6 Å². The van der Waals surface area contributed by atoms with Crippen LogP contribution in [-0.2, 0) is 6.42 Å². The SMILES string of the molecule is O=C(Nc1ccc(CCSC(F)(F)F)cc1)Nc1c[nH]c2ccc(Cl)cc12. The highest BCUT2D eigenvalue weighted by Crippen LogP contribution is 2.30. The van der Waals surface area contributed by atoms with Crippen molar-refractivity contribution in [2.45, 2.75) is 11.9 Å². The van der Waals surface area contributed by atoms with Crippen molar-refractivity contribution in [1.82, 2.24) is 4.98 Å². The number of hydrogen-bond donors (Lipinski definition) is 3. The van der Waals surface area contributed by atoms with Crippen LogP contribution < -0.4 is 10.6 Å². The maximum Gasteiger partial charge on any atom is 0.441 e. The van der Waals surface area contributed by atoms with Crippen LogP contribution in [0.4, 0.5) is 29.3 Å². The number of fused-ring (bicyclic) bond motifs is 1. The Morgan fingerprint density at radius 1 is 1.11 bits per heavy atom. The van der Waals surface area contributed by atoms with Crippen LogP contribution in [0.15, 0.2) is 48.7 Å². The van der Waals surface area contributed by atoms with Crippen molar-refractivity contribution in [2.24, 2.45) is 0 Å². The van der Waals surface area contributed by atoms with E-state index in [4.69, 9.17) is 11.6 Å². The standard InChI is InChI=1S/C18H15ClF3N3OS/c19-12-3-6-15-14(9-12)16(10-23-15)25-17(26)24-13-4-1-11(2-5-13)7-8-27-18(20,21)22/h1-6,9-10,23H,7-8H2,(H2,24,25,26). The highest BCUT2D eigenvalue weighted by atomic mass is 35.5. The zero-order chi connectivity index (χ0) is 19.4. The fourth-order valence-electron chi connectivity index (χ4n) is 2.52. The summed E-state index contributed by atoms with van der Waals surface area (Å²) in [6, 6.07) is 11.6. The fourth-order valence-corrected chi connectivity index (χ4v) is 3.26. The van der Waals surface area contributed by atoms with E-state index in [1.807, 2.05) is 6.07 Å². The van der Waals surface area contributed by atoms with Gasteiger partial charge in [-0.3, -0.25) is 0 Å². The molecule has 0 bridgehead atoms. The summed E-state index contributed by atoms with van der Waals surface area (Å²) in [6.07, 6.45) is 1.97. The number of halogens is 4. The number of rotatable bonds is 5. The number of benzene rings is 2. The van der Waals surface area contributed by atoms with E-state index >= 15 is 0 Å². The molecule has 142 valence electrons. The van der Waals surface area contributed by atoms with E-state index in [0.29, 0.717) is 22.8 Å². The van der Waals surface area contributed by atoms with Crippen molar-refractivity contribution in [3.8, 4) is 0 Å². The zero-order valence-electron chi connectivity index (χ0n) is 13.9. The molecule has 0 atom stereocenters. The number of carbonyl (C=O) groups is 1. The minimum atomic E-state index is -4.22. The first-order valence-corrected chi connectivity index (χ1v) is 9.31. The van der Waals surface area contributed by atoms with Gasteiger partial charge in [-0.15, -0.1) is 0 Å². The Morgan fingerprint density at radius 2 is 1.85 bits per heavy atom. The van der Waals surface area contributed by atoms with Crippen LogP contribution in [0.2, 0.25) is 5.02 Å². The quantitative estimate of drug-likeness (QED) is 0.462. The number of amides is 2. The van der Waals surface area contributed by atoms with Gasteiger partial charge in [0.05, 0.1) is 5.69 Å². The molecule has 0 unspecified atom stereocenters. The first-order valence-electron chi connectivity index (χ1n) is 7.94. The minimum Gasteiger partial charge on any atom is -0.359 e. The average Bonchev–Trinajstić information content (AvgIpc) is 2.97. The third kappa shape index (κ3) is 5.58. The fraction of sp³-hybridized carbons (Fsp3) is 0.167. The maximum absolute atomic E-state index is 12.2. The van der Waals surface area contributed by atoms with Gasteiger partial charge in [0.1, 0.15) is 0 Å². The van der Waals surface area contributed by atoms with Gasteiger partial charge in [0.15, 0.2) is 0 Å². The number of alkyl halides is 3. The summed E-state index contributed by atoms with van der Waals surface area (Å²) in [5.41, 5.74) is -1.48. The Hall–Kier alpha value is -2.32. The van der Waals surface area contributed by atoms with Gasteiger partial charge in [0.25, 0.3) is 0 Å². The number of aryl methyl sites for hydroxylation is 1. The molecule has 2 amide bonds. The number of urea groups is 1. The Bertz CT molecular complexity index is 941. The third-order valence-corrected chi connectivity index (χ3v) is 4.73. The first kappa shape index (κ1) is 19.4. The van der Waals surface area contributed by atoms with Crippen LogP contribution in [0.1, 0.15) is 5.56 Å². The second kappa shape index (κ2) is 8.14. The summed E-state index contributed by atoms with van der Waals surface area (Å²) in [5, 5.41) is 6.77. The molecule has 0 saturated carbocycles. The summed E-state index contributed by atoms with van der Waals surface area (Å²) < 4.78 is 36.4. The van der Waals surface area contributed by atoms with Gasteiger partial charge in [0, 0.05) is 33.6 Å². The molecule has 1 aromatic heterocycles. The van der Waals surface area contributed by atoms with E-state index in [2.05, 4.69) is 15.6 Å². The molecule has 1 heterocycles. The lowest BCUT2D eigenvalue weighted by Gasteiger charge is -2.08. The Morgan fingerprint density at radius 3 is 2.56 bits per heavy atom. The van der Waals surface area contributed by atoms with Crippen LogP contribution in [0.25, 0.3) is 10.9 Å². The lowest BCUT2D eigenvalue weighted by atomic mass is 10.1. The summed E-state index contributed by atoms with van der Waals surface area (Å²) in [5.74, 6) is -0.0418. The van der Waals surface area contributed by atoms with Gasteiger partial charge in [0.2, 0.25) is 0 Å². The van der Waals surface area contributed by atoms with Gasteiger partial charge in [-0.05, 0) is 42.3 Å². The third-order valence-electron chi connectivity index (χ3n) is 3.76. The molecule has 0 saturated heterocycles. The Kier molecular flexibility index (Phi) is 5.86. The van der Waals surface area contributed by atoms with Crippen molar-refractivity contribution < 1.29 is 18.0 Å². The predicted molar refractivity (Wildman–Crippen MR) is 105 cm³/mol. The number of aromatic nitrogens is 1. The number of H-pyrrole nitrogens is 1. The number of hydrogen-bond acceptors (Lipinski definition) is 2. The van der Waals surface area contributed by atoms with Crippen molar-refractivity contribution in [3.63, 3.8) is 0 Å². The summed E-state index contributed by atoms with van der Waals surface area (Å²) in [7, 11) is 0. The molecule has 0 aliphatic rings. The molecule has 3 rings (SSSR count). The van der Waals surface area contributed by atoms with Crippen LogP contribution in [0, 0.1) is 0 Å². The summed E-state index contributed by atoms with van der Waals surface area (Å²) in [6.45, 7) is 0. The van der Waals surface area contributed by atoms with Gasteiger partial charge < -0.3 is 15.6 Å². The van der Waals surface area contributed by atoms with Crippen LogP contribution >= 0.6 is 23.4 Å². The predicted octanol–water partition coefficient (Wildman–Crippen LogP) is 6.26. The Balaban J connectivity index is 1.56. The summed E-state index contributed by atoms with van der Waals surface area (Å²) in [4.78, 5) is 15.2. The summed E-state index contributed by atoms with van der Waals surface area (Å²) >= 11 is 5.94. The minimum absolute atomic E-state index is 0.0418. The molecule has 0 fully saturated rings. The largest absolute Gasteiger partial charge is 0.441 e. The molecule has 0 spiro atoms. The number of aromatic amines is 1. The molecular weight excluding hydrogens is 399 g/mol. The van der Waals surface area contributed by atoms with E-state index in [-0.39, 0.29) is 17.5 Å². The number of anilines is 2. The van der Waals surface area contributed by atoms with Crippen LogP contribution in [0.5, 0.6) is 0 Å². The van der Waals surface area contributed by atoms with Gasteiger partial charge in [-0.1, -0.05) is 35.5 Å². The highest BCUT2D eigenvalue weighted by Gasteiger charge is 2.27. The van der Waals surface area contributed by atoms with Crippen molar-refractivity contribution in [2.75, 3.05) is 16.4 Å². The molecular formula is C18H15ClF3N3OS.